The Hall–Kier alpha value is -2.86. The van der Waals surface area contributed by atoms with Crippen LogP contribution in [-0.4, -0.2) is 0 Å². The zero-order valence-corrected chi connectivity index (χ0v) is 16.1. The molecule has 0 saturated heterocycles. The monoisotopic (exact) mass is 338 g/mol. The van der Waals surface area contributed by atoms with Crippen molar-refractivity contribution in [3.05, 3.63) is 107 Å². The summed E-state index contributed by atoms with van der Waals surface area (Å²) >= 11 is 0. The van der Waals surface area contributed by atoms with E-state index in [1.165, 1.54) is 44.2 Å². The van der Waals surface area contributed by atoms with Crippen LogP contribution < -0.4 is 0 Å². The highest BCUT2D eigenvalue weighted by molar-refractivity contribution is 5.83. The second-order valence-corrected chi connectivity index (χ2v) is 7.09. The zero-order valence-electron chi connectivity index (χ0n) is 16.1. The molecule has 0 aromatic heterocycles. The van der Waals surface area contributed by atoms with Crippen LogP contribution in [0.5, 0.6) is 0 Å². The predicted octanol–water partition coefficient (Wildman–Crippen LogP) is 7.43. The molecule has 0 heterocycles. The Labute approximate surface area is 157 Å². The van der Waals surface area contributed by atoms with Crippen molar-refractivity contribution in [2.75, 3.05) is 0 Å². The minimum absolute atomic E-state index is 1.29. The van der Waals surface area contributed by atoms with Gasteiger partial charge in [-0.05, 0) is 49.6 Å². The van der Waals surface area contributed by atoms with E-state index in [2.05, 4.69) is 113 Å². The smallest absolute Gasteiger partial charge is 0.0181 e. The van der Waals surface area contributed by atoms with E-state index >= 15 is 0 Å². The minimum Gasteiger partial charge on any atom is -0.0587 e. The molecule has 4 aromatic carbocycles. The second-order valence-electron chi connectivity index (χ2n) is 7.09. The summed E-state index contributed by atoms with van der Waals surface area (Å²) in [4.78, 5) is 0. The second kappa shape index (κ2) is 8.01. The molecule has 0 aliphatic heterocycles. The van der Waals surface area contributed by atoms with Crippen molar-refractivity contribution in [2.45, 2.75) is 27.7 Å². The maximum Gasteiger partial charge on any atom is -0.0181 e. The van der Waals surface area contributed by atoms with Crippen LogP contribution in [0.2, 0.25) is 0 Å². The first kappa shape index (κ1) is 17.9. The molecule has 0 nitrogen and oxygen atoms in total. The molecule has 0 atom stereocenters. The van der Waals surface area contributed by atoms with Crippen LogP contribution in [0.25, 0.3) is 21.9 Å². The third kappa shape index (κ3) is 4.61. The molecule has 0 unspecified atom stereocenters. The number of hydrogen-bond donors (Lipinski definition) is 0. The lowest BCUT2D eigenvalue weighted by molar-refractivity contribution is 1.45. The van der Waals surface area contributed by atoms with Crippen molar-refractivity contribution in [1.29, 1.82) is 0 Å². The van der Waals surface area contributed by atoms with E-state index in [0.717, 1.165) is 0 Å². The molecule has 0 fully saturated rings. The SMILES string of the molecule is Cc1ccc(-c2ccc(C)cc2)cc1.Cc1ccc2cc(C)ccc2c1. The fourth-order valence-corrected chi connectivity index (χ4v) is 2.98. The van der Waals surface area contributed by atoms with Crippen molar-refractivity contribution in [1.82, 2.24) is 0 Å². The summed E-state index contributed by atoms with van der Waals surface area (Å²) in [6.07, 6.45) is 0. The van der Waals surface area contributed by atoms with Gasteiger partial charge in [-0.15, -0.1) is 0 Å². The molecule has 26 heavy (non-hydrogen) atoms. The number of hydrogen-bond acceptors (Lipinski definition) is 0. The van der Waals surface area contributed by atoms with Gasteiger partial charge in [0.2, 0.25) is 0 Å². The van der Waals surface area contributed by atoms with E-state index in [1.54, 1.807) is 0 Å². The quantitative estimate of drug-likeness (QED) is 0.338. The Morgan fingerprint density at radius 1 is 0.346 bits per heavy atom. The summed E-state index contributed by atoms with van der Waals surface area (Å²) in [5.41, 5.74) is 7.84. The molecule has 0 bridgehead atoms. The van der Waals surface area contributed by atoms with Crippen LogP contribution in [-0.2, 0) is 0 Å². The lowest BCUT2D eigenvalue weighted by Gasteiger charge is -2.02. The van der Waals surface area contributed by atoms with E-state index < -0.39 is 0 Å². The molecular formula is C26H26. The lowest BCUT2D eigenvalue weighted by atomic mass is 10.0. The van der Waals surface area contributed by atoms with Gasteiger partial charge in [0.1, 0.15) is 0 Å². The summed E-state index contributed by atoms with van der Waals surface area (Å²) in [6, 6.07) is 30.4. The first-order valence-corrected chi connectivity index (χ1v) is 9.12. The maximum atomic E-state index is 2.22. The lowest BCUT2D eigenvalue weighted by Crippen LogP contribution is -1.78. The normalized spacial score (nSPS) is 10.3. The van der Waals surface area contributed by atoms with Crippen LogP contribution in [0.3, 0.4) is 0 Å². The van der Waals surface area contributed by atoms with Crippen LogP contribution >= 0.6 is 0 Å². The number of aryl methyl sites for hydroxylation is 4. The predicted molar refractivity (Wildman–Crippen MR) is 115 cm³/mol. The van der Waals surface area contributed by atoms with Crippen molar-refractivity contribution < 1.29 is 0 Å². The Kier molecular flexibility index (Phi) is 5.53. The van der Waals surface area contributed by atoms with Crippen LogP contribution in [0.15, 0.2) is 84.9 Å². The highest BCUT2D eigenvalue weighted by Crippen LogP contribution is 2.20. The van der Waals surface area contributed by atoms with Gasteiger partial charge in [0.15, 0.2) is 0 Å². The summed E-state index contributed by atoms with van der Waals surface area (Å²) < 4.78 is 0. The van der Waals surface area contributed by atoms with Gasteiger partial charge in [-0.2, -0.15) is 0 Å². The van der Waals surface area contributed by atoms with Gasteiger partial charge in [-0.3, -0.25) is 0 Å². The van der Waals surface area contributed by atoms with Crippen molar-refractivity contribution in [3.63, 3.8) is 0 Å². The van der Waals surface area contributed by atoms with Gasteiger partial charge in [-0.1, -0.05) is 107 Å². The fraction of sp³-hybridized carbons (Fsp3) is 0.154. The molecule has 0 saturated carbocycles. The van der Waals surface area contributed by atoms with Crippen LogP contribution in [0.1, 0.15) is 22.3 Å². The Morgan fingerprint density at radius 2 is 0.654 bits per heavy atom. The van der Waals surface area contributed by atoms with Crippen LogP contribution in [0.4, 0.5) is 0 Å². The molecule has 0 spiro atoms. The Morgan fingerprint density at radius 3 is 1.00 bits per heavy atom. The molecule has 0 heteroatoms. The molecule has 0 aliphatic rings. The minimum atomic E-state index is 1.29. The largest absolute Gasteiger partial charge is 0.0587 e. The summed E-state index contributed by atoms with van der Waals surface area (Å²) in [6.45, 7) is 8.47. The number of fused-ring (bicyclic) bond motifs is 1. The summed E-state index contributed by atoms with van der Waals surface area (Å²) in [7, 11) is 0. The highest BCUT2D eigenvalue weighted by Gasteiger charge is 1.95. The summed E-state index contributed by atoms with van der Waals surface area (Å²) in [5, 5.41) is 2.67. The molecule has 0 amide bonds. The van der Waals surface area contributed by atoms with Gasteiger partial charge in [-0.25, -0.2) is 0 Å². The average molecular weight is 338 g/mol. The molecular weight excluding hydrogens is 312 g/mol. The van der Waals surface area contributed by atoms with Gasteiger partial charge in [0.25, 0.3) is 0 Å². The Bertz CT molecular complexity index is 906. The maximum absolute atomic E-state index is 2.22. The first-order chi connectivity index (χ1) is 12.5. The van der Waals surface area contributed by atoms with Crippen molar-refractivity contribution >= 4 is 10.8 Å². The molecule has 4 aromatic rings. The third-order valence-corrected chi connectivity index (χ3v) is 4.59. The highest BCUT2D eigenvalue weighted by atomic mass is 14.0. The first-order valence-electron chi connectivity index (χ1n) is 9.12. The topological polar surface area (TPSA) is 0 Å². The van der Waals surface area contributed by atoms with E-state index in [1.807, 2.05) is 0 Å². The van der Waals surface area contributed by atoms with Gasteiger partial charge in [0, 0.05) is 0 Å². The number of rotatable bonds is 1. The van der Waals surface area contributed by atoms with E-state index in [0.29, 0.717) is 0 Å². The molecule has 4 rings (SSSR count). The standard InChI is InChI=1S/C14H14.C12H12/c1-11-3-7-13(8-4-11)14-9-5-12(2)6-10-14;1-9-3-5-12-8-10(2)4-6-11(12)7-9/h3-10H,1-2H3;3-8H,1-2H3. The molecule has 0 aliphatic carbocycles. The van der Waals surface area contributed by atoms with Crippen LogP contribution in [0, 0.1) is 27.7 Å². The molecule has 0 N–H and O–H groups in total. The van der Waals surface area contributed by atoms with Gasteiger partial charge in [0.05, 0.1) is 0 Å². The Balaban J connectivity index is 0.000000152. The van der Waals surface area contributed by atoms with Gasteiger partial charge >= 0.3 is 0 Å². The zero-order chi connectivity index (χ0) is 18.5. The van der Waals surface area contributed by atoms with Gasteiger partial charge < -0.3 is 0 Å². The molecule has 0 radical (unpaired) electrons. The molecule has 130 valence electrons. The fourth-order valence-electron chi connectivity index (χ4n) is 2.98. The van der Waals surface area contributed by atoms with Crippen molar-refractivity contribution in [3.8, 4) is 11.1 Å². The number of benzene rings is 4. The van der Waals surface area contributed by atoms with Crippen molar-refractivity contribution in [2.24, 2.45) is 0 Å². The summed E-state index contributed by atoms with van der Waals surface area (Å²) in [5.74, 6) is 0. The van der Waals surface area contributed by atoms with E-state index in [4.69, 9.17) is 0 Å². The van der Waals surface area contributed by atoms with E-state index in [9.17, 15) is 0 Å². The third-order valence-electron chi connectivity index (χ3n) is 4.59. The van der Waals surface area contributed by atoms with E-state index in [-0.39, 0.29) is 0 Å². The average Bonchev–Trinajstić information content (AvgIpc) is 2.64.